The van der Waals surface area contributed by atoms with Gasteiger partial charge >= 0.3 is 5.97 Å². The summed E-state index contributed by atoms with van der Waals surface area (Å²) >= 11 is 4.36. The third-order valence-electron chi connectivity index (χ3n) is 1.01. The first-order chi connectivity index (χ1) is 5.13. The van der Waals surface area contributed by atoms with Gasteiger partial charge in [0, 0.05) is 0 Å². The molecule has 4 heteroatoms. The number of methoxy groups -OCH3 is 1. The summed E-state index contributed by atoms with van der Waals surface area (Å²) in [5.41, 5.74) is 0.983. The van der Waals surface area contributed by atoms with Crippen molar-refractivity contribution in [3.8, 4) is 0 Å². The third-order valence-corrected chi connectivity index (χ3v) is 1.10. The van der Waals surface area contributed by atoms with Crippen LogP contribution in [-0.2, 0) is 9.53 Å². The Morgan fingerprint density at radius 3 is 2.36 bits per heavy atom. The van der Waals surface area contributed by atoms with Crippen LogP contribution in [0.1, 0.15) is 13.8 Å². The van der Waals surface area contributed by atoms with E-state index in [1.807, 2.05) is 0 Å². The summed E-state index contributed by atoms with van der Waals surface area (Å²) < 4.78 is 4.45. The third kappa shape index (κ3) is 3.07. The van der Waals surface area contributed by atoms with Gasteiger partial charge in [0.05, 0.1) is 12.3 Å². The van der Waals surface area contributed by atoms with Crippen molar-refractivity contribution in [2.75, 3.05) is 7.11 Å². The normalized spacial score (nSPS) is 7.91. The number of isothiocyanates is 1. The minimum Gasteiger partial charge on any atom is -0.464 e. The molecule has 0 aliphatic carbocycles. The molecule has 0 spiro atoms. The zero-order valence-electron chi connectivity index (χ0n) is 6.67. The molecule has 0 rings (SSSR count). The molecule has 0 fully saturated rings. The Bertz CT molecular complexity index is 235. The molecule has 3 nitrogen and oxygen atoms in total. The zero-order chi connectivity index (χ0) is 8.85. The summed E-state index contributed by atoms with van der Waals surface area (Å²) in [6.45, 7) is 3.50. The van der Waals surface area contributed by atoms with Crippen LogP contribution in [-0.4, -0.2) is 18.2 Å². The van der Waals surface area contributed by atoms with Crippen LogP contribution in [0.5, 0.6) is 0 Å². The van der Waals surface area contributed by atoms with Gasteiger partial charge < -0.3 is 4.74 Å². The number of carbonyl (C=O) groups excluding carboxylic acids is 1. The highest BCUT2D eigenvalue weighted by molar-refractivity contribution is 7.78. The van der Waals surface area contributed by atoms with Crippen molar-refractivity contribution in [1.29, 1.82) is 0 Å². The van der Waals surface area contributed by atoms with E-state index in [1.165, 1.54) is 7.11 Å². The molecule has 0 aromatic heterocycles. The van der Waals surface area contributed by atoms with Gasteiger partial charge in [0.15, 0.2) is 5.70 Å². The van der Waals surface area contributed by atoms with Gasteiger partial charge in [0.1, 0.15) is 0 Å². The minimum absolute atomic E-state index is 0.225. The SMILES string of the molecule is COC(=O)C(N=C=S)=C(C)C. The van der Waals surface area contributed by atoms with Gasteiger partial charge in [-0.2, -0.15) is 4.99 Å². The van der Waals surface area contributed by atoms with Crippen molar-refractivity contribution in [2.24, 2.45) is 4.99 Å². The van der Waals surface area contributed by atoms with E-state index in [9.17, 15) is 4.79 Å². The number of carbonyl (C=O) groups is 1. The molecule has 0 aromatic rings. The van der Waals surface area contributed by atoms with Crippen molar-refractivity contribution < 1.29 is 9.53 Å². The average Bonchev–Trinajstić information content (AvgIpc) is 1.98. The lowest BCUT2D eigenvalue weighted by molar-refractivity contribution is -0.136. The molecule has 0 aromatic carbocycles. The van der Waals surface area contributed by atoms with Crippen LogP contribution in [0.4, 0.5) is 0 Å². The largest absolute Gasteiger partial charge is 0.464 e. The summed E-state index contributed by atoms with van der Waals surface area (Å²) in [6.07, 6.45) is 0. The fourth-order valence-corrected chi connectivity index (χ4v) is 0.595. The molecule has 0 radical (unpaired) electrons. The number of esters is 1. The molecule has 0 saturated carbocycles. The number of allylic oxidation sites excluding steroid dienone is 1. The Kier molecular flexibility index (Phi) is 4.34. The summed E-state index contributed by atoms with van der Waals surface area (Å²) in [4.78, 5) is 14.4. The van der Waals surface area contributed by atoms with E-state index in [1.54, 1.807) is 13.8 Å². The van der Waals surface area contributed by atoms with Gasteiger partial charge in [0.2, 0.25) is 0 Å². The topological polar surface area (TPSA) is 38.7 Å². The molecule has 0 aliphatic rings. The fraction of sp³-hybridized carbons (Fsp3) is 0.429. The van der Waals surface area contributed by atoms with Crippen molar-refractivity contribution in [2.45, 2.75) is 13.8 Å². The van der Waals surface area contributed by atoms with Gasteiger partial charge in [-0.1, -0.05) is 0 Å². The van der Waals surface area contributed by atoms with Crippen molar-refractivity contribution in [1.82, 2.24) is 0 Å². The quantitative estimate of drug-likeness (QED) is 0.274. The number of aliphatic imine (C=N–C) groups is 1. The van der Waals surface area contributed by atoms with E-state index in [4.69, 9.17) is 0 Å². The van der Waals surface area contributed by atoms with E-state index in [-0.39, 0.29) is 5.70 Å². The number of rotatable bonds is 2. The Morgan fingerprint density at radius 1 is 1.55 bits per heavy atom. The molecule has 0 saturated heterocycles. The van der Waals surface area contributed by atoms with Gasteiger partial charge in [-0.05, 0) is 31.6 Å². The van der Waals surface area contributed by atoms with Gasteiger partial charge in [-0.25, -0.2) is 4.79 Å². The Labute approximate surface area is 70.8 Å². The molecule has 11 heavy (non-hydrogen) atoms. The van der Waals surface area contributed by atoms with Crippen LogP contribution in [0.15, 0.2) is 16.3 Å². The maximum absolute atomic E-state index is 10.9. The Morgan fingerprint density at radius 2 is 2.09 bits per heavy atom. The molecule has 0 aliphatic heterocycles. The van der Waals surface area contributed by atoms with Gasteiger partial charge in [0.25, 0.3) is 0 Å². The van der Waals surface area contributed by atoms with Crippen molar-refractivity contribution in [3.63, 3.8) is 0 Å². The lowest BCUT2D eigenvalue weighted by atomic mass is 10.3. The van der Waals surface area contributed by atoms with E-state index in [2.05, 4.69) is 27.1 Å². The molecular weight excluding hydrogens is 162 g/mol. The summed E-state index contributed by atoms with van der Waals surface area (Å²) in [5, 5.41) is 2.11. The zero-order valence-corrected chi connectivity index (χ0v) is 7.49. The first kappa shape index (κ1) is 10.0. The number of nitrogens with zero attached hydrogens (tertiary/aromatic N) is 1. The van der Waals surface area contributed by atoms with Crippen molar-refractivity contribution >= 4 is 23.3 Å². The number of thiocarbonyl (C=S) groups is 1. The second-order valence-electron chi connectivity index (χ2n) is 2.04. The highest BCUT2D eigenvalue weighted by atomic mass is 32.1. The fourth-order valence-electron chi connectivity index (χ4n) is 0.504. The predicted octanol–water partition coefficient (Wildman–Crippen LogP) is 1.56. The second kappa shape index (κ2) is 4.77. The highest BCUT2D eigenvalue weighted by Gasteiger charge is 2.08. The lowest BCUT2D eigenvalue weighted by Gasteiger charge is -1.98. The lowest BCUT2D eigenvalue weighted by Crippen LogP contribution is -2.03. The minimum atomic E-state index is -0.484. The first-order valence-electron chi connectivity index (χ1n) is 2.97. The van der Waals surface area contributed by atoms with E-state index in [0.29, 0.717) is 0 Å². The first-order valence-corrected chi connectivity index (χ1v) is 3.38. The number of hydrogen-bond donors (Lipinski definition) is 0. The number of hydrogen-bond acceptors (Lipinski definition) is 4. The molecule has 0 amide bonds. The monoisotopic (exact) mass is 171 g/mol. The average molecular weight is 171 g/mol. The van der Waals surface area contributed by atoms with Gasteiger partial charge in [-0.3, -0.25) is 0 Å². The van der Waals surface area contributed by atoms with Crippen molar-refractivity contribution in [3.05, 3.63) is 11.3 Å². The number of ether oxygens (including phenoxy) is 1. The predicted molar refractivity (Wildman–Crippen MR) is 45.4 cm³/mol. The molecule has 0 N–H and O–H groups in total. The Hall–Kier alpha value is -0.990. The molecule has 0 heterocycles. The van der Waals surface area contributed by atoms with E-state index in [0.717, 1.165) is 5.57 Å². The van der Waals surface area contributed by atoms with E-state index < -0.39 is 5.97 Å². The smallest absolute Gasteiger partial charge is 0.357 e. The molecule has 0 atom stereocenters. The molecule has 60 valence electrons. The van der Waals surface area contributed by atoms with Crippen LogP contribution in [0.2, 0.25) is 0 Å². The van der Waals surface area contributed by atoms with Gasteiger partial charge in [-0.15, -0.1) is 0 Å². The van der Waals surface area contributed by atoms with Crippen LogP contribution in [0.3, 0.4) is 0 Å². The summed E-state index contributed by atoms with van der Waals surface area (Å²) in [7, 11) is 1.30. The maximum atomic E-state index is 10.9. The summed E-state index contributed by atoms with van der Waals surface area (Å²) in [6, 6.07) is 0. The second-order valence-corrected chi connectivity index (χ2v) is 2.23. The Balaban J connectivity index is 4.77. The molecular formula is C7H9NO2S. The molecule has 0 bridgehead atoms. The van der Waals surface area contributed by atoms with Crippen LogP contribution in [0, 0.1) is 0 Å². The van der Waals surface area contributed by atoms with Crippen LogP contribution in [0.25, 0.3) is 0 Å². The maximum Gasteiger partial charge on any atom is 0.357 e. The summed E-state index contributed by atoms with van der Waals surface area (Å²) in [5.74, 6) is -0.484. The highest BCUT2D eigenvalue weighted by Crippen LogP contribution is 2.05. The van der Waals surface area contributed by atoms with E-state index >= 15 is 0 Å². The standard InChI is InChI=1S/C7H9NO2S/c1-5(2)6(8-4-11)7(9)10-3/h1-3H3. The van der Waals surface area contributed by atoms with Crippen LogP contribution >= 0.6 is 12.2 Å². The van der Waals surface area contributed by atoms with Crippen LogP contribution < -0.4 is 0 Å². The molecule has 0 unspecified atom stereocenters.